The number of imidazole rings is 1. The summed E-state index contributed by atoms with van der Waals surface area (Å²) >= 11 is 1.50. The SMILES string of the molecule is COc1cccc(-c2cn3c(C(=O)N4CCN(Cc5ccccc5)CC4)csc3n2)c1. The minimum atomic E-state index is 0.0696. The molecular weight excluding hydrogens is 408 g/mol. The summed E-state index contributed by atoms with van der Waals surface area (Å²) in [6.45, 7) is 4.16. The van der Waals surface area contributed by atoms with Gasteiger partial charge in [0.25, 0.3) is 5.91 Å². The molecule has 0 atom stereocenters. The third-order valence-electron chi connectivity index (χ3n) is 5.70. The zero-order valence-electron chi connectivity index (χ0n) is 17.4. The number of hydrogen-bond donors (Lipinski definition) is 0. The Hall–Kier alpha value is -3.16. The number of thiazole rings is 1. The molecule has 31 heavy (non-hydrogen) atoms. The smallest absolute Gasteiger partial charge is 0.271 e. The molecule has 7 heteroatoms. The lowest BCUT2D eigenvalue weighted by molar-refractivity contribution is 0.0622. The number of methoxy groups -OCH3 is 1. The van der Waals surface area contributed by atoms with Crippen LogP contribution in [0, 0.1) is 0 Å². The number of amides is 1. The van der Waals surface area contributed by atoms with Crippen LogP contribution in [0.4, 0.5) is 0 Å². The Morgan fingerprint density at radius 3 is 2.65 bits per heavy atom. The summed E-state index contributed by atoms with van der Waals surface area (Å²) in [6.07, 6.45) is 1.94. The van der Waals surface area contributed by atoms with E-state index >= 15 is 0 Å². The minimum Gasteiger partial charge on any atom is -0.497 e. The molecule has 2 aromatic heterocycles. The number of piperazine rings is 1. The van der Waals surface area contributed by atoms with Gasteiger partial charge >= 0.3 is 0 Å². The first-order valence-electron chi connectivity index (χ1n) is 10.4. The molecule has 0 spiro atoms. The van der Waals surface area contributed by atoms with Crippen molar-refractivity contribution in [2.24, 2.45) is 0 Å². The van der Waals surface area contributed by atoms with Crippen molar-refractivity contribution >= 4 is 22.2 Å². The molecule has 0 bridgehead atoms. The van der Waals surface area contributed by atoms with Gasteiger partial charge in [0.15, 0.2) is 4.96 Å². The van der Waals surface area contributed by atoms with Crippen molar-refractivity contribution in [2.75, 3.05) is 33.3 Å². The molecule has 0 N–H and O–H groups in total. The Balaban J connectivity index is 1.29. The van der Waals surface area contributed by atoms with Gasteiger partial charge in [0.05, 0.1) is 12.8 Å². The van der Waals surface area contributed by atoms with Gasteiger partial charge in [0.1, 0.15) is 11.4 Å². The lowest BCUT2D eigenvalue weighted by Gasteiger charge is -2.34. The van der Waals surface area contributed by atoms with Crippen LogP contribution in [0.5, 0.6) is 5.75 Å². The Morgan fingerprint density at radius 2 is 1.87 bits per heavy atom. The third kappa shape index (κ3) is 4.06. The van der Waals surface area contributed by atoms with Crippen molar-refractivity contribution < 1.29 is 9.53 Å². The van der Waals surface area contributed by atoms with E-state index in [0.29, 0.717) is 5.69 Å². The number of rotatable bonds is 5. The van der Waals surface area contributed by atoms with Crippen LogP contribution in [0.2, 0.25) is 0 Å². The van der Waals surface area contributed by atoms with E-state index in [1.165, 1.54) is 16.9 Å². The molecule has 1 fully saturated rings. The Bertz CT molecular complexity index is 1190. The van der Waals surface area contributed by atoms with Crippen molar-refractivity contribution in [3.05, 3.63) is 77.4 Å². The number of nitrogens with zero attached hydrogens (tertiary/aromatic N) is 4. The van der Waals surface area contributed by atoms with E-state index in [0.717, 1.165) is 54.7 Å². The fourth-order valence-corrected chi connectivity index (χ4v) is 4.82. The van der Waals surface area contributed by atoms with E-state index in [1.807, 2.05) is 51.2 Å². The molecule has 3 heterocycles. The largest absolute Gasteiger partial charge is 0.497 e. The normalized spacial score (nSPS) is 14.8. The average Bonchev–Trinajstić information content (AvgIpc) is 3.41. The second-order valence-electron chi connectivity index (χ2n) is 7.69. The van der Waals surface area contributed by atoms with Gasteiger partial charge in [0, 0.05) is 49.9 Å². The molecule has 0 saturated carbocycles. The van der Waals surface area contributed by atoms with Gasteiger partial charge < -0.3 is 9.64 Å². The number of ether oxygens (including phenoxy) is 1. The van der Waals surface area contributed by atoms with Crippen molar-refractivity contribution in [1.82, 2.24) is 19.2 Å². The maximum atomic E-state index is 13.2. The first kappa shape index (κ1) is 19.8. The van der Waals surface area contributed by atoms with E-state index in [4.69, 9.17) is 9.72 Å². The van der Waals surface area contributed by atoms with Gasteiger partial charge in [-0.05, 0) is 17.7 Å². The molecule has 1 amide bonds. The molecule has 0 radical (unpaired) electrons. The molecule has 0 aliphatic carbocycles. The van der Waals surface area contributed by atoms with Gasteiger partial charge in [-0.3, -0.25) is 14.1 Å². The van der Waals surface area contributed by atoms with Crippen LogP contribution in [0.25, 0.3) is 16.2 Å². The van der Waals surface area contributed by atoms with Crippen LogP contribution in [0.3, 0.4) is 0 Å². The number of fused-ring (bicyclic) bond motifs is 1. The highest BCUT2D eigenvalue weighted by atomic mass is 32.1. The van der Waals surface area contributed by atoms with Gasteiger partial charge in [0.2, 0.25) is 0 Å². The number of carbonyl (C=O) groups excluding carboxylic acids is 1. The van der Waals surface area contributed by atoms with E-state index in [1.54, 1.807) is 7.11 Å². The number of carbonyl (C=O) groups is 1. The predicted molar refractivity (Wildman–Crippen MR) is 123 cm³/mol. The second-order valence-corrected chi connectivity index (χ2v) is 8.52. The molecule has 1 aliphatic rings. The Morgan fingerprint density at radius 1 is 1.06 bits per heavy atom. The fourth-order valence-electron chi connectivity index (χ4n) is 3.97. The number of benzene rings is 2. The lowest BCUT2D eigenvalue weighted by atomic mass is 10.1. The summed E-state index contributed by atoms with van der Waals surface area (Å²) in [4.78, 5) is 23.1. The van der Waals surface area contributed by atoms with Crippen LogP contribution >= 0.6 is 11.3 Å². The van der Waals surface area contributed by atoms with Crippen LogP contribution in [0.15, 0.2) is 66.2 Å². The highest BCUT2D eigenvalue weighted by molar-refractivity contribution is 7.15. The maximum absolute atomic E-state index is 13.2. The van der Waals surface area contributed by atoms with E-state index in [-0.39, 0.29) is 5.91 Å². The lowest BCUT2D eigenvalue weighted by Crippen LogP contribution is -2.48. The topological polar surface area (TPSA) is 50.1 Å². The maximum Gasteiger partial charge on any atom is 0.271 e. The molecule has 0 unspecified atom stereocenters. The van der Waals surface area contributed by atoms with E-state index in [2.05, 4.69) is 29.2 Å². The summed E-state index contributed by atoms with van der Waals surface area (Å²) in [5.74, 6) is 0.860. The Kier molecular flexibility index (Phi) is 5.44. The van der Waals surface area contributed by atoms with Crippen LogP contribution in [0.1, 0.15) is 16.1 Å². The van der Waals surface area contributed by atoms with Crippen molar-refractivity contribution in [1.29, 1.82) is 0 Å². The summed E-state index contributed by atoms with van der Waals surface area (Å²) in [5.41, 5.74) is 3.80. The summed E-state index contributed by atoms with van der Waals surface area (Å²) in [7, 11) is 1.65. The summed E-state index contributed by atoms with van der Waals surface area (Å²) < 4.78 is 7.24. The first-order valence-corrected chi connectivity index (χ1v) is 11.3. The van der Waals surface area contributed by atoms with Gasteiger partial charge in [-0.15, -0.1) is 11.3 Å². The van der Waals surface area contributed by atoms with Gasteiger partial charge in [-0.25, -0.2) is 4.98 Å². The fraction of sp³-hybridized carbons (Fsp3) is 0.250. The Labute approximate surface area is 185 Å². The van der Waals surface area contributed by atoms with Crippen LogP contribution in [-0.4, -0.2) is 58.4 Å². The molecule has 158 valence electrons. The quantitative estimate of drug-likeness (QED) is 0.478. The monoisotopic (exact) mass is 432 g/mol. The van der Waals surface area contributed by atoms with Gasteiger partial charge in [-0.1, -0.05) is 42.5 Å². The standard InChI is InChI=1S/C24H24N4O2S/c1-30-20-9-5-8-19(14-20)21-16-28-22(17-31-24(28)25-21)23(29)27-12-10-26(11-13-27)15-18-6-3-2-4-7-18/h2-9,14,16-17H,10-13,15H2,1H3. The third-order valence-corrected chi connectivity index (χ3v) is 6.54. The van der Waals surface area contributed by atoms with Crippen molar-refractivity contribution in [3.8, 4) is 17.0 Å². The molecule has 5 rings (SSSR count). The highest BCUT2D eigenvalue weighted by Gasteiger charge is 2.25. The molecule has 4 aromatic rings. The van der Waals surface area contributed by atoms with Gasteiger partial charge in [-0.2, -0.15) is 0 Å². The molecule has 1 aliphatic heterocycles. The van der Waals surface area contributed by atoms with Crippen LogP contribution in [-0.2, 0) is 6.54 Å². The number of aromatic nitrogens is 2. The first-order chi connectivity index (χ1) is 15.2. The van der Waals surface area contributed by atoms with Crippen molar-refractivity contribution in [2.45, 2.75) is 6.54 Å². The highest BCUT2D eigenvalue weighted by Crippen LogP contribution is 2.27. The second kappa shape index (κ2) is 8.53. The average molecular weight is 433 g/mol. The minimum absolute atomic E-state index is 0.0696. The summed E-state index contributed by atoms with van der Waals surface area (Å²) in [6, 6.07) is 18.3. The molecule has 1 saturated heterocycles. The van der Waals surface area contributed by atoms with E-state index < -0.39 is 0 Å². The zero-order chi connectivity index (χ0) is 21.2. The molecule has 6 nitrogen and oxygen atoms in total. The van der Waals surface area contributed by atoms with Crippen molar-refractivity contribution in [3.63, 3.8) is 0 Å². The molecular formula is C24H24N4O2S. The number of hydrogen-bond acceptors (Lipinski definition) is 5. The summed E-state index contributed by atoms with van der Waals surface area (Å²) in [5, 5.41) is 1.91. The molecule has 2 aromatic carbocycles. The predicted octanol–water partition coefficient (Wildman–Crippen LogP) is 4.03. The zero-order valence-corrected chi connectivity index (χ0v) is 18.2. The van der Waals surface area contributed by atoms with Crippen LogP contribution < -0.4 is 4.74 Å². The van der Waals surface area contributed by atoms with E-state index in [9.17, 15) is 4.79 Å².